The van der Waals surface area contributed by atoms with Crippen LogP contribution in [-0.4, -0.2) is 23.2 Å². The molecule has 0 radical (unpaired) electrons. The molecule has 0 spiro atoms. The van der Waals surface area contributed by atoms with Crippen molar-refractivity contribution >= 4 is 5.97 Å². The van der Waals surface area contributed by atoms with E-state index in [1.807, 2.05) is 0 Å². The van der Waals surface area contributed by atoms with Gasteiger partial charge in [0.2, 0.25) is 0 Å². The van der Waals surface area contributed by atoms with Crippen LogP contribution in [0.4, 0.5) is 0 Å². The molecule has 3 nitrogen and oxygen atoms in total. The highest BCUT2D eigenvalue weighted by Gasteiger charge is 2.46. The van der Waals surface area contributed by atoms with Crippen LogP contribution < -0.4 is 5.32 Å². The summed E-state index contributed by atoms with van der Waals surface area (Å²) in [5.74, 6) is 0.432. The Bertz CT molecular complexity index is 353. The summed E-state index contributed by atoms with van der Waals surface area (Å²) >= 11 is 0. The second kappa shape index (κ2) is 6.05. The number of hydrogen-bond acceptors (Lipinski definition) is 2. The molecule has 0 heterocycles. The van der Waals surface area contributed by atoms with Gasteiger partial charge in [-0.05, 0) is 42.9 Å². The summed E-state index contributed by atoms with van der Waals surface area (Å²) < 4.78 is 0. The van der Waals surface area contributed by atoms with E-state index in [1.165, 1.54) is 25.7 Å². The molecule has 2 aliphatic rings. The van der Waals surface area contributed by atoms with Crippen molar-refractivity contribution in [2.75, 3.05) is 0 Å². The van der Waals surface area contributed by atoms with Crippen LogP contribution in [0.2, 0.25) is 0 Å². The minimum absolute atomic E-state index is 0.123. The van der Waals surface area contributed by atoms with Gasteiger partial charge in [-0.15, -0.1) is 0 Å². The number of nitrogens with one attached hydrogen (secondary N) is 1. The Morgan fingerprint density at radius 3 is 2.45 bits per heavy atom. The Kier molecular flexibility index (Phi) is 4.78. The van der Waals surface area contributed by atoms with Crippen LogP contribution in [0, 0.1) is 23.2 Å². The summed E-state index contributed by atoms with van der Waals surface area (Å²) in [6.07, 6.45) is 7.09. The fourth-order valence-corrected chi connectivity index (χ4v) is 4.36. The molecule has 0 aromatic carbocycles. The van der Waals surface area contributed by atoms with Crippen LogP contribution in [0.25, 0.3) is 0 Å². The Morgan fingerprint density at radius 1 is 1.15 bits per heavy atom. The topological polar surface area (TPSA) is 49.3 Å². The lowest BCUT2D eigenvalue weighted by Crippen LogP contribution is -2.53. The highest BCUT2D eigenvalue weighted by molar-refractivity contribution is 5.71. The summed E-state index contributed by atoms with van der Waals surface area (Å²) in [6, 6.07) is 1.12. The molecule has 2 fully saturated rings. The van der Waals surface area contributed by atoms with Gasteiger partial charge in [0.15, 0.2) is 0 Å². The zero-order valence-corrected chi connectivity index (χ0v) is 13.5. The van der Waals surface area contributed by atoms with Gasteiger partial charge in [-0.2, -0.15) is 0 Å². The third kappa shape index (κ3) is 3.19. The van der Waals surface area contributed by atoms with Crippen LogP contribution >= 0.6 is 0 Å². The molecule has 3 heteroatoms. The molecule has 0 bridgehead atoms. The van der Waals surface area contributed by atoms with Crippen molar-refractivity contribution in [2.45, 2.75) is 78.3 Å². The van der Waals surface area contributed by atoms with Crippen molar-refractivity contribution in [2.24, 2.45) is 23.2 Å². The first-order valence-electron chi connectivity index (χ1n) is 8.31. The lowest BCUT2D eigenvalue weighted by Gasteiger charge is -2.48. The molecule has 2 aliphatic carbocycles. The van der Waals surface area contributed by atoms with E-state index in [0.717, 1.165) is 18.8 Å². The third-order valence-corrected chi connectivity index (χ3v) is 6.13. The fourth-order valence-electron chi connectivity index (χ4n) is 4.36. The van der Waals surface area contributed by atoms with Gasteiger partial charge in [0.25, 0.3) is 0 Å². The highest BCUT2D eigenvalue weighted by Crippen LogP contribution is 2.45. The van der Waals surface area contributed by atoms with Crippen LogP contribution in [0.15, 0.2) is 0 Å². The average Bonchev–Trinajstić information content (AvgIpc) is 2.34. The molecule has 20 heavy (non-hydrogen) atoms. The van der Waals surface area contributed by atoms with Crippen molar-refractivity contribution in [3.8, 4) is 0 Å². The number of rotatable bonds is 3. The van der Waals surface area contributed by atoms with E-state index in [9.17, 15) is 9.90 Å². The lowest BCUT2D eigenvalue weighted by molar-refractivity contribution is -0.150. The number of hydrogen-bond donors (Lipinski definition) is 2. The lowest BCUT2D eigenvalue weighted by atomic mass is 9.61. The largest absolute Gasteiger partial charge is 0.481 e. The third-order valence-electron chi connectivity index (χ3n) is 6.13. The smallest absolute Gasteiger partial charge is 0.307 e. The Hall–Kier alpha value is -0.570. The van der Waals surface area contributed by atoms with Gasteiger partial charge in [0, 0.05) is 12.1 Å². The van der Waals surface area contributed by atoms with E-state index in [1.54, 1.807) is 0 Å². The van der Waals surface area contributed by atoms with Gasteiger partial charge in [-0.1, -0.05) is 40.5 Å². The van der Waals surface area contributed by atoms with Crippen molar-refractivity contribution < 1.29 is 9.90 Å². The first-order chi connectivity index (χ1) is 9.32. The zero-order valence-electron chi connectivity index (χ0n) is 13.5. The average molecular weight is 281 g/mol. The maximum atomic E-state index is 11.4. The Labute approximate surface area is 123 Å². The van der Waals surface area contributed by atoms with E-state index < -0.39 is 5.97 Å². The molecule has 0 aromatic heterocycles. The van der Waals surface area contributed by atoms with Crippen LogP contribution in [0.5, 0.6) is 0 Å². The monoisotopic (exact) mass is 281 g/mol. The van der Waals surface area contributed by atoms with Gasteiger partial charge in [-0.3, -0.25) is 4.79 Å². The fraction of sp³-hybridized carbons (Fsp3) is 0.941. The predicted octanol–water partition coefficient (Wildman–Crippen LogP) is 3.68. The van der Waals surface area contributed by atoms with Crippen molar-refractivity contribution in [1.82, 2.24) is 5.32 Å². The minimum atomic E-state index is -0.619. The van der Waals surface area contributed by atoms with Gasteiger partial charge in [0.1, 0.15) is 0 Å². The van der Waals surface area contributed by atoms with E-state index in [2.05, 4.69) is 33.0 Å². The van der Waals surface area contributed by atoms with Gasteiger partial charge >= 0.3 is 5.97 Å². The van der Waals surface area contributed by atoms with Crippen LogP contribution in [0.3, 0.4) is 0 Å². The standard InChI is InChI=1S/C17H31NO2/c1-11-6-5-7-13(10-11)18-15-9-8-14(16(19)20)17(3,4)12(15)2/h11-15,18H,5-10H2,1-4H3,(H,19,20). The van der Waals surface area contributed by atoms with Crippen LogP contribution in [0.1, 0.15) is 66.2 Å². The summed E-state index contributed by atoms with van der Waals surface area (Å²) in [6.45, 7) is 8.85. The number of aliphatic carboxylic acids is 1. The second-order valence-corrected chi connectivity index (χ2v) is 7.82. The quantitative estimate of drug-likeness (QED) is 0.829. The maximum absolute atomic E-state index is 11.4. The molecule has 0 aromatic rings. The molecular formula is C17H31NO2. The molecule has 2 saturated carbocycles. The van der Waals surface area contributed by atoms with E-state index in [0.29, 0.717) is 18.0 Å². The van der Waals surface area contributed by atoms with Crippen LogP contribution in [-0.2, 0) is 4.79 Å². The first kappa shape index (κ1) is 15.8. The molecule has 0 amide bonds. The molecule has 0 saturated heterocycles. The molecule has 2 rings (SSSR count). The summed E-state index contributed by atoms with van der Waals surface area (Å²) in [4.78, 5) is 11.4. The Balaban J connectivity index is 1.98. The molecule has 0 aliphatic heterocycles. The molecule has 5 atom stereocenters. The molecule has 116 valence electrons. The minimum Gasteiger partial charge on any atom is -0.481 e. The molecule has 5 unspecified atom stereocenters. The Morgan fingerprint density at radius 2 is 1.85 bits per heavy atom. The van der Waals surface area contributed by atoms with Crippen molar-refractivity contribution in [1.29, 1.82) is 0 Å². The normalized spacial score (nSPS) is 41.3. The van der Waals surface area contributed by atoms with Crippen molar-refractivity contribution in [3.63, 3.8) is 0 Å². The maximum Gasteiger partial charge on any atom is 0.307 e. The number of carboxylic acids is 1. The predicted molar refractivity (Wildman–Crippen MR) is 81.6 cm³/mol. The summed E-state index contributed by atoms with van der Waals surface area (Å²) in [5.41, 5.74) is -0.123. The van der Waals surface area contributed by atoms with E-state index in [-0.39, 0.29) is 11.3 Å². The van der Waals surface area contributed by atoms with Gasteiger partial charge in [0.05, 0.1) is 5.92 Å². The van der Waals surface area contributed by atoms with Gasteiger partial charge < -0.3 is 10.4 Å². The van der Waals surface area contributed by atoms with E-state index in [4.69, 9.17) is 0 Å². The first-order valence-corrected chi connectivity index (χ1v) is 8.31. The van der Waals surface area contributed by atoms with Gasteiger partial charge in [-0.25, -0.2) is 0 Å². The molecule has 2 N–H and O–H groups in total. The number of carboxylic acid groups (broad SMARTS) is 1. The van der Waals surface area contributed by atoms with E-state index >= 15 is 0 Å². The highest BCUT2D eigenvalue weighted by atomic mass is 16.4. The zero-order chi connectivity index (χ0) is 14.9. The van der Waals surface area contributed by atoms with Crippen molar-refractivity contribution in [3.05, 3.63) is 0 Å². The SMILES string of the molecule is CC1CCCC(NC2CCC(C(=O)O)C(C)(C)C2C)C1. The number of carbonyl (C=O) groups is 1. The molecular weight excluding hydrogens is 250 g/mol. The summed E-state index contributed by atoms with van der Waals surface area (Å²) in [7, 11) is 0. The second-order valence-electron chi connectivity index (χ2n) is 7.82. The summed E-state index contributed by atoms with van der Waals surface area (Å²) in [5, 5.41) is 13.3.